The lowest BCUT2D eigenvalue weighted by molar-refractivity contribution is -0.121. The molecule has 0 radical (unpaired) electrons. The Morgan fingerprint density at radius 1 is 1.10 bits per heavy atom. The number of fused-ring (bicyclic) bond motifs is 1. The predicted molar refractivity (Wildman–Crippen MR) is 122 cm³/mol. The Kier molecular flexibility index (Phi) is 7.03. The summed E-state index contributed by atoms with van der Waals surface area (Å²) in [4.78, 5) is 16.2. The van der Waals surface area contributed by atoms with Crippen molar-refractivity contribution in [3.63, 3.8) is 0 Å². The van der Waals surface area contributed by atoms with Crippen LogP contribution in [0.4, 0.5) is 0 Å². The van der Waals surface area contributed by atoms with Crippen LogP contribution in [0.15, 0.2) is 42.6 Å². The van der Waals surface area contributed by atoms with Crippen molar-refractivity contribution in [3.05, 3.63) is 59.3 Å². The molecule has 2 aromatic carbocycles. The average Bonchev–Trinajstić information content (AvgIpc) is 3.19. The van der Waals surface area contributed by atoms with Crippen LogP contribution in [0.25, 0.3) is 10.9 Å². The molecule has 160 valence electrons. The lowest BCUT2D eigenvalue weighted by Gasteiger charge is -2.19. The highest BCUT2D eigenvalue weighted by Gasteiger charge is 2.23. The fourth-order valence-corrected chi connectivity index (χ4v) is 3.87. The number of methoxy groups -OCH3 is 2. The number of H-pyrrole nitrogens is 1. The van der Waals surface area contributed by atoms with Gasteiger partial charge < -0.3 is 19.8 Å². The highest BCUT2D eigenvalue weighted by atomic mass is 16.5. The standard InChI is InChI=1S/C25H32N2O3/c1-6-17-8-7-9-19-21(15-27-25(17)19)20(13-24(28)26-14-16(2)3)18-10-11-22(29-4)23(12-18)30-5/h7-12,15-16,20,27H,6,13-14H2,1-5H3,(H,26,28)/t20-/m0/s1. The number of ether oxygens (including phenoxy) is 2. The molecule has 3 rings (SSSR count). The van der Waals surface area contributed by atoms with Gasteiger partial charge in [-0.25, -0.2) is 0 Å². The SMILES string of the molecule is CCc1cccc2c([C@@H](CC(=O)NCC(C)C)c3ccc(OC)c(OC)c3)c[nH]c12. The molecule has 1 atom stereocenters. The molecule has 2 N–H and O–H groups in total. The molecule has 0 aliphatic carbocycles. The van der Waals surface area contributed by atoms with Gasteiger partial charge in [0.05, 0.1) is 14.2 Å². The third-order valence-electron chi connectivity index (χ3n) is 5.50. The van der Waals surface area contributed by atoms with E-state index in [9.17, 15) is 4.79 Å². The number of benzene rings is 2. The van der Waals surface area contributed by atoms with Gasteiger partial charge in [0.25, 0.3) is 0 Å². The zero-order chi connectivity index (χ0) is 21.7. The van der Waals surface area contributed by atoms with E-state index in [-0.39, 0.29) is 11.8 Å². The van der Waals surface area contributed by atoms with E-state index in [0.717, 1.165) is 28.5 Å². The first-order valence-electron chi connectivity index (χ1n) is 10.6. The number of carbonyl (C=O) groups is 1. The van der Waals surface area contributed by atoms with Crippen LogP contribution < -0.4 is 14.8 Å². The van der Waals surface area contributed by atoms with Crippen LogP contribution in [0.3, 0.4) is 0 Å². The Hall–Kier alpha value is -2.95. The monoisotopic (exact) mass is 408 g/mol. The van der Waals surface area contributed by atoms with Crippen LogP contribution in [0.2, 0.25) is 0 Å². The molecule has 0 aliphatic rings. The zero-order valence-electron chi connectivity index (χ0n) is 18.5. The summed E-state index contributed by atoms with van der Waals surface area (Å²) in [5.74, 6) is 1.70. The summed E-state index contributed by atoms with van der Waals surface area (Å²) >= 11 is 0. The van der Waals surface area contributed by atoms with E-state index in [1.807, 2.05) is 24.4 Å². The van der Waals surface area contributed by atoms with E-state index in [0.29, 0.717) is 30.4 Å². The van der Waals surface area contributed by atoms with Crippen LogP contribution in [-0.4, -0.2) is 31.7 Å². The summed E-state index contributed by atoms with van der Waals surface area (Å²) in [7, 11) is 3.26. The maximum absolute atomic E-state index is 12.8. The molecule has 3 aromatic rings. The van der Waals surface area contributed by atoms with E-state index >= 15 is 0 Å². The quantitative estimate of drug-likeness (QED) is 0.521. The second-order valence-electron chi connectivity index (χ2n) is 8.01. The molecule has 5 heteroatoms. The Morgan fingerprint density at radius 3 is 2.53 bits per heavy atom. The maximum atomic E-state index is 12.8. The molecule has 0 bridgehead atoms. The molecule has 0 fully saturated rings. The first-order valence-corrected chi connectivity index (χ1v) is 10.6. The van der Waals surface area contributed by atoms with Crippen LogP contribution in [-0.2, 0) is 11.2 Å². The second-order valence-corrected chi connectivity index (χ2v) is 8.01. The minimum absolute atomic E-state index is 0.0458. The minimum atomic E-state index is -0.0992. The molecule has 0 aliphatic heterocycles. The largest absolute Gasteiger partial charge is 0.493 e. The normalized spacial score (nSPS) is 12.2. The lowest BCUT2D eigenvalue weighted by atomic mass is 9.87. The number of para-hydroxylation sites is 1. The first-order chi connectivity index (χ1) is 14.5. The van der Waals surface area contributed by atoms with Gasteiger partial charge in [0.1, 0.15) is 0 Å². The van der Waals surface area contributed by atoms with E-state index in [4.69, 9.17) is 9.47 Å². The maximum Gasteiger partial charge on any atom is 0.220 e. The van der Waals surface area contributed by atoms with Crippen molar-refractivity contribution in [1.82, 2.24) is 10.3 Å². The summed E-state index contributed by atoms with van der Waals surface area (Å²) in [6.07, 6.45) is 3.36. The summed E-state index contributed by atoms with van der Waals surface area (Å²) in [6, 6.07) is 12.2. The molecule has 1 heterocycles. The molecule has 30 heavy (non-hydrogen) atoms. The zero-order valence-corrected chi connectivity index (χ0v) is 18.5. The number of hydrogen-bond acceptors (Lipinski definition) is 3. The molecule has 1 aromatic heterocycles. The van der Waals surface area contributed by atoms with E-state index in [1.54, 1.807) is 14.2 Å². The highest BCUT2D eigenvalue weighted by Crippen LogP contribution is 2.38. The number of nitrogens with one attached hydrogen (secondary N) is 2. The molecular weight excluding hydrogens is 376 g/mol. The van der Waals surface area contributed by atoms with Crippen molar-refractivity contribution >= 4 is 16.8 Å². The fourth-order valence-electron chi connectivity index (χ4n) is 3.87. The molecule has 0 unspecified atom stereocenters. The van der Waals surface area contributed by atoms with Crippen molar-refractivity contribution < 1.29 is 14.3 Å². The number of amides is 1. The Labute approximate surface area is 178 Å². The smallest absolute Gasteiger partial charge is 0.220 e. The molecule has 1 amide bonds. The van der Waals surface area contributed by atoms with Gasteiger partial charge in [-0.2, -0.15) is 0 Å². The van der Waals surface area contributed by atoms with Crippen LogP contribution in [0, 0.1) is 5.92 Å². The topological polar surface area (TPSA) is 63.4 Å². The van der Waals surface area contributed by atoms with Crippen LogP contribution in [0.5, 0.6) is 11.5 Å². The second kappa shape index (κ2) is 9.70. The molecule has 5 nitrogen and oxygen atoms in total. The van der Waals surface area contributed by atoms with E-state index in [1.165, 1.54) is 5.56 Å². The Bertz CT molecular complexity index is 1010. The Morgan fingerprint density at radius 2 is 1.87 bits per heavy atom. The minimum Gasteiger partial charge on any atom is -0.493 e. The van der Waals surface area contributed by atoms with Crippen LogP contribution in [0.1, 0.15) is 49.8 Å². The highest BCUT2D eigenvalue weighted by molar-refractivity contribution is 5.88. The van der Waals surface area contributed by atoms with Crippen LogP contribution >= 0.6 is 0 Å². The molecule has 0 saturated heterocycles. The number of carbonyl (C=O) groups excluding carboxylic acids is 1. The summed E-state index contributed by atoms with van der Waals surface area (Å²) < 4.78 is 10.9. The van der Waals surface area contributed by atoms with Gasteiger partial charge in [0.2, 0.25) is 5.91 Å². The van der Waals surface area contributed by atoms with Gasteiger partial charge in [-0.3, -0.25) is 4.79 Å². The Balaban J connectivity index is 2.05. The fraction of sp³-hybridized carbons (Fsp3) is 0.400. The first kappa shape index (κ1) is 21.8. The predicted octanol–water partition coefficient (Wildman–Crippen LogP) is 5.04. The van der Waals surface area contributed by atoms with E-state index in [2.05, 4.69) is 49.3 Å². The lowest BCUT2D eigenvalue weighted by Crippen LogP contribution is -2.28. The summed E-state index contributed by atoms with van der Waals surface area (Å²) in [6.45, 7) is 7.02. The summed E-state index contributed by atoms with van der Waals surface area (Å²) in [5, 5.41) is 4.22. The average molecular weight is 409 g/mol. The van der Waals surface area contributed by atoms with Gasteiger partial charge in [-0.15, -0.1) is 0 Å². The molecule has 0 saturated carbocycles. The van der Waals surface area contributed by atoms with E-state index < -0.39 is 0 Å². The van der Waals surface area contributed by atoms with Gasteiger partial charge in [-0.1, -0.05) is 45.0 Å². The van der Waals surface area contributed by atoms with Crippen molar-refractivity contribution in [2.24, 2.45) is 5.92 Å². The van der Waals surface area contributed by atoms with Gasteiger partial charge >= 0.3 is 0 Å². The van der Waals surface area contributed by atoms with Gasteiger partial charge in [0.15, 0.2) is 11.5 Å². The number of aromatic amines is 1. The third-order valence-corrected chi connectivity index (χ3v) is 5.50. The summed E-state index contributed by atoms with van der Waals surface area (Å²) in [5.41, 5.74) is 4.56. The van der Waals surface area contributed by atoms with Gasteiger partial charge in [0, 0.05) is 36.0 Å². The van der Waals surface area contributed by atoms with Crippen molar-refractivity contribution in [2.75, 3.05) is 20.8 Å². The number of aromatic nitrogens is 1. The number of aryl methyl sites for hydroxylation is 1. The van der Waals surface area contributed by atoms with Crippen molar-refractivity contribution in [2.45, 2.75) is 39.5 Å². The van der Waals surface area contributed by atoms with Crippen molar-refractivity contribution in [3.8, 4) is 11.5 Å². The third kappa shape index (κ3) is 4.61. The van der Waals surface area contributed by atoms with Crippen molar-refractivity contribution in [1.29, 1.82) is 0 Å². The van der Waals surface area contributed by atoms with Gasteiger partial charge in [-0.05, 0) is 41.2 Å². The number of rotatable bonds is 9. The molecule has 0 spiro atoms. The molecular formula is C25H32N2O3. The number of hydrogen-bond donors (Lipinski definition) is 2.